The highest BCUT2D eigenvalue weighted by Crippen LogP contribution is 2.48. The van der Waals surface area contributed by atoms with Crippen LogP contribution in [0, 0.1) is 0 Å². The minimum atomic E-state index is -0.496. The molecule has 2 aromatic carbocycles. The molecule has 2 aromatic rings. The van der Waals surface area contributed by atoms with Crippen LogP contribution in [0.5, 0.6) is 11.5 Å². The van der Waals surface area contributed by atoms with Gasteiger partial charge in [0, 0.05) is 16.3 Å². The molecule has 0 heterocycles. The zero-order valence-corrected chi connectivity index (χ0v) is 12.9. The van der Waals surface area contributed by atoms with Crippen molar-refractivity contribution in [1.29, 1.82) is 0 Å². The summed E-state index contributed by atoms with van der Waals surface area (Å²) in [4.78, 5) is 15.1. The summed E-state index contributed by atoms with van der Waals surface area (Å²) in [6.45, 7) is 0. The van der Waals surface area contributed by atoms with Gasteiger partial charge in [0.25, 0.3) is 0 Å². The molecule has 114 valence electrons. The van der Waals surface area contributed by atoms with E-state index in [2.05, 4.69) is 4.99 Å². The number of isocyanates is 1. The van der Waals surface area contributed by atoms with Crippen LogP contribution >= 0.6 is 0 Å². The van der Waals surface area contributed by atoms with E-state index in [1.165, 1.54) is 0 Å². The molecule has 0 radical (unpaired) electrons. The molecule has 0 bridgehead atoms. The SMILES string of the molecule is COc1cccc2c(OC)c(C3(N=C=O)CCCC3)ccc12. The molecule has 1 aliphatic carbocycles. The number of ether oxygens (including phenoxy) is 2. The first-order chi connectivity index (χ1) is 10.8. The molecule has 3 rings (SSSR count). The normalized spacial score (nSPS) is 16.3. The number of hydrogen-bond acceptors (Lipinski definition) is 4. The fraction of sp³-hybridized carbons (Fsp3) is 0.389. The summed E-state index contributed by atoms with van der Waals surface area (Å²) in [7, 11) is 3.31. The molecule has 22 heavy (non-hydrogen) atoms. The Morgan fingerprint density at radius 3 is 2.45 bits per heavy atom. The van der Waals surface area contributed by atoms with E-state index >= 15 is 0 Å². The van der Waals surface area contributed by atoms with E-state index in [9.17, 15) is 4.79 Å². The second kappa shape index (κ2) is 5.82. The number of methoxy groups -OCH3 is 2. The average Bonchev–Trinajstić information content (AvgIpc) is 3.03. The third-order valence-corrected chi connectivity index (χ3v) is 4.59. The average molecular weight is 297 g/mol. The Balaban J connectivity index is 2.29. The van der Waals surface area contributed by atoms with Crippen molar-refractivity contribution in [2.45, 2.75) is 31.2 Å². The summed E-state index contributed by atoms with van der Waals surface area (Å²) in [6.07, 6.45) is 5.60. The van der Waals surface area contributed by atoms with Crippen molar-refractivity contribution < 1.29 is 14.3 Å². The number of aliphatic imine (C=N–C) groups is 1. The molecule has 1 fully saturated rings. The lowest BCUT2D eigenvalue weighted by Gasteiger charge is -2.26. The van der Waals surface area contributed by atoms with Crippen LogP contribution in [0.25, 0.3) is 10.8 Å². The van der Waals surface area contributed by atoms with Crippen LogP contribution in [0.3, 0.4) is 0 Å². The van der Waals surface area contributed by atoms with Gasteiger partial charge in [-0.25, -0.2) is 4.79 Å². The highest BCUT2D eigenvalue weighted by Gasteiger charge is 2.38. The van der Waals surface area contributed by atoms with Crippen molar-refractivity contribution in [3.63, 3.8) is 0 Å². The number of nitrogens with zero attached hydrogens (tertiary/aromatic N) is 1. The maximum atomic E-state index is 11.0. The summed E-state index contributed by atoms with van der Waals surface area (Å²) < 4.78 is 11.1. The van der Waals surface area contributed by atoms with Gasteiger partial charge in [-0.15, -0.1) is 0 Å². The van der Waals surface area contributed by atoms with E-state index in [0.29, 0.717) is 0 Å². The topological polar surface area (TPSA) is 47.9 Å². The summed E-state index contributed by atoms with van der Waals surface area (Å²) in [5.41, 5.74) is 0.473. The van der Waals surface area contributed by atoms with E-state index in [1.807, 2.05) is 30.3 Å². The number of hydrogen-bond donors (Lipinski definition) is 0. The minimum absolute atomic E-state index is 0.496. The van der Waals surface area contributed by atoms with Crippen LogP contribution in [0.2, 0.25) is 0 Å². The second-order valence-electron chi connectivity index (χ2n) is 5.64. The molecule has 0 unspecified atom stereocenters. The Labute approximate surface area is 129 Å². The first-order valence-electron chi connectivity index (χ1n) is 7.49. The molecule has 0 saturated heterocycles. The Hall–Kier alpha value is -2.32. The van der Waals surface area contributed by atoms with Crippen molar-refractivity contribution in [3.8, 4) is 11.5 Å². The van der Waals surface area contributed by atoms with Crippen molar-refractivity contribution in [2.24, 2.45) is 4.99 Å². The molecular weight excluding hydrogens is 278 g/mol. The van der Waals surface area contributed by atoms with Gasteiger partial charge in [0.15, 0.2) is 0 Å². The maximum absolute atomic E-state index is 11.0. The number of fused-ring (bicyclic) bond motifs is 1. The largest absolute Gasteiger partial charge is 0.496 e. The van der Waals surface area contributed by atoms with Crippen molar-refractivity contribution in [3.05, 3.63) is 35.9 Å². The zero-order valence-electron chi connectivity index (χ0n) is 12.9. The first kappa shape index (κ1) is 14.6. The molecule has 0 atom stereocenters. The third-order valence-electron chi connectivity index (χ3n) is 4.59. The highest BCUT2D eigenvalue weighted by molar-refractivity contribution is 5.94. The van der Waals surface area contributed by atoms with Gasteiger partial charge in [0.1, 0.15) is 17.0 Å². The Bertz CT molecular complexity index is 741. The van der Waals surface area contributed by atoms with Crippen LogP contribution in [-0.2, 0) is 10.3 Å². The molecule has 4 nitrogen and oxygen atoms in total. The molecule has 0 spiro atoms. The molecule has 0 amide bonds. The lowest BCUT2D eigenvalue weighted by molar-refractivity contribution is 0.383. The van der Waals surface area contributed by atoms with Gasteiger partial charge < -0.3 is 9.47 Å². The van der Waals surface area contributed by atoms with E-state index in [0.717, 1.165) is 53.5 Å². The molecular formula is C18H19NO3. The third kappa shape index (κ3) is 2.16. The molecule has 4 heteroatoms. The van der Waals surface area contributed by atoms with Gasteiger partial charge in [-0.3, -0.25) is 0 Å². The molecule has 0 N–H and O–H groups in total. The fourth-order valence-corrected chi connectivity index (χ4v) is 3.55. The van der Waals surface area contributed by atoms with E-state index in [-0.39, 0.29) is 0 Å². The first-order valence-corrected chi connectivity index (χ1v) is 7.49. The highest BCUT2D eigenvalue weighted by atomic mass is 16.5. The monoisotopic (exact) mass is 297 g/mol. The van der Waals surface area contributed by atoms with Gasteiger partial charge >= 0.3 is 0 Å². The smallest absolute Gasteiger partial charge is 0.235 e. The van der Waals surface area contributed by atoms with Crippen LogP contribution < -0.4 is 9.47 Å². The Morgan fingerprint density at radius 2 is 1.82 bits per heavy atom. The quantitative estimate of drug-likeness (QED) is 0.634. The molecule has 1 aliphatic rings. The van der Waals surface area contributed by atoms with Crippen LogP contribution in [0.1, 0.15) is 31.2 Å². The Morgan fingerprint density at radius 1 is 1.05 bits per heavy atom. The summed E-state index contributed by atoms with van der Waals surface area (Å²) in [5.74, 6) is 1.58. The van der Waals surface area contributed by atoms with Gasteiger partial charge in [-0.2, -0.15) is 4.99 Å². The summed E-state index contributed by atoms with van der Waals surface area (Å²) >= 11 is 0. The fourth-order valence-electron chi connectivity index (χ4n) is 3.55. The number of rotatable bonds is 4. The molecule has 0 aliphatic heterocycles. The lowest BCUT2D eigenvalue weighted by Crippen LogP contribution is -2.20. The minimum Gasteiger partial charge on any atom is -0.496 e. The van der Waals surface area contributed by atoms with Crippen molar-refractivity contribution >= 4 is 16.9 Å². The van der Waals surface area contributed by atoms with E-state index in [4.69, 9.17) is 9.47 Å². The predicted molar refractivity (Wildman–Crippen MR) is 85.3 cm³/mol. The number of benzene rings is 2. The van der Waals surface area contributed by atoms with Gasteiger partial charge in [-0.1, -0.05) is 37.1 Å². The Kier molecular flexibility index (Phi) is 3.86. The molecule has 0 aromatic heterocycles. The second-order valence-corrected chi connectivity index (χ2v) is 5.64. The summed E-state index contributed by atoms with van der Waals surface area (Å²) in [5, 5.41) is 1.97. The van der Waals surface area contributed by atoms with Gasteiger partial charge in [0.2, 0.25) is 6.08 Å². The van der Waals surface area contributed by atoms with E-state index in [1.54, 1.807) is 20.3 Å². The molecule has 1 saturated carbocycles. The predicted octanol–water partition coefficient (Wildman–Crippen LogP) is 3.96. The van der Waals surface area contributed by atoms with Crippen LogP contribution in [-0.4, -0.2) is 20.3 Å². The van der Waals surface area contributed by atoms with Crippen LogP contribution in [0.4, 0.5) is 0 Å². The number of carbonyl (C=O) groups excluding carboxylic acids is 1. The maximum Gasteiger partial charge on any atom is 0.235 e. The van der Waals surface area contributed by atoms with Crippen molar-refractivity contribution in [2.75, 3.05) is 14.2 Å². The van der Waals surface area contributed by atoms with Crippen LogP contribution in [0.15, 0.2) is 35.3 Å². The van der Waals surface area contributed by atoms with Crippen molar-refractivity contribution in [1.82, 2.24) is 0 Å². The van der Waals surface area contributed by atoms with Gasteiger partial charge in [-0.05, 0) is 18.9 Å². The lowest BCUT2D eigenvalue weighted by atomic mass is 9.86. The summed E-state index contributed by atoms with van der Waals surface area (Å²) in [6, 6.07) is 9.91. The van der Waals surface area contributed by atoms with E-state index < -0.39 is 5.54 Å². The standard InChI is InChI=1S/C18H19NO3/c1-21-16-7-5-6-14-13(16)8-9-15(17(14)22-2)18(19-12-20)10-3-4-11-18/h5-9H,3-4,10-11H2,1-2H3. The van der Waals surface area contributed by atoms with Gasteiger partial charge in [0.05, 0.1) is 14.2 Å². The zero-order chi connectivity index (χ0) is 15.6.